The van der Waals surface area contributed by atoms with Crippen LogP contribution in [0.5, 0.6) is 0 Å². The van der Waals surface area contributed by atoms with Gasteiger partial charge < -0.3 is 11.5 Å². The zero-order valence-corrected chi connectivity index (χ0v) is 16.0. The Balaban J connectivity index is 3.38. The first-order valence-corrected chi connectivity index (χ1v) is 8.37. The number of carbonyl (C=O) groups is 1. The van der Waals surface area contributed by atoms with Crippen molar-refractivity contribution in [1.82, 2.24) is 0 Å². The van der Waals surface area contributed by atoms with Crippen LogP contribution in [-0.2, 0) is 0 Å². The van der Waals surface area contributed by atoms with Crippen LogP contribution in [0.4, 0.5) is 10.1 Å². The summed E-state index contributed by atoms with van der Waals surface area (Å²) >= 11 is 3.36. The maximum absolute atomic E-state index is 13.4. The minimum Gasteiger partial charge on any atom is -0.404 e. The number of nitrogens with two attached hydrogens (primary N) is 2. The van der Waals surface area contributed by atoms with Crippen molar-refractivity contribution in [2.24, 2.45) is 26.4 Å². The number of nitrogens with zero attached hydrogens (tertiary/aromatic N) is 3. The van der Waals surface area contributed by atoms with Gasteiger partial charge in [0.1, 0.15) is 16.3 Å². The summed E-state index contributed by atoms with van der Waals surface area (Å²) in [7, 11) is 0. The lowest BCUT2D eigenvalue weighted by atomic mass is 10.1. The van der Waals surface area contributed by atoms with E-state index in [1.54, 1.807) is 6.92 Å². The quantitative estimate of drug-likeness (QED) is 0.426. The first-order valence-electron chi connectivity index (χ1n) is 7.58. The number of benzene rings is 1. The van der Waals surface area contributed by atoms with Crippen LogP contribution in [0.15, 0.2) is 44.9 Å². The summed E-state index contributed by atoms with van der Waals surface area (Å²) in [5.41, 5.74) is 12.5. The second-order valence-corrected chi connectivity index (χ2v) is 5.88. The molecule has 4 N–H and O–H groups in total. The molecule has 0 bridgehead atoms. The number of rotatable bonds is 6. The normalized spacial score (nSPS) is 14.0. The van der Waals surface area contributed by atoms with Crippen LogP contribution in [0.1, 0.15) is 37.6 Å². The Hall–Kier alpha value is -2.35. The van der Waals surface area contributed by atoms with E-state index in [1.807, 2.05) is 6.92 Å². The predicted molar refractivity (Wildman–Crippen MR) is 105 cm³/mol. The number of ketones is 1. The molecule has 6 nitrogen and oxygen atoms in total. The summed E-state index contributed by atoms with van der Waals surface area (Å²) in [4.78, 5) is 24.6. The fourth-order valence-electron chi connectivity index (χ4n) is 1.95. The van der Waals surface area contributed by atoms with E-state index in [9.17, 15) is 9.18 Å². The number of halogens is 2. The second kappa shape index (κ2) is 9.83. The monoisotopic (exact) mass is 409 g/mol. The number of hydrogen-bond donors (Lipinski definition) is 2. The Morgan fingerprint density at radius 3 is 2.56 bits per heavy atom. The molecule has 0 aliphatic carbocycles. The van der Waals surface area contributed by atoms with E-state index < -0.39 is 5.82 Å². The largest absolute Gasteiger partial charge is 0.404 e. The van der Waals surface area contributed by atoms with Gasteiger partial charge in [-0.25, -0.2) is 14.4 Å². The lowest BCUT2D eigenvalue weighted by molar-refractivity contribution is 0.101. The van der Waals surface area contributed by atoms with Gasteiger partial charge in [0.25, 0.3) is 0 Å². The van der Waals surface area contributed by atoms with Crippen molar-refractivity contribution in [2.75, 3.05) is 6.54 Å². The summed E-state index contributed by atoms with van der Waals surface area (Å²) in [6.45, 7) is 5.44. The molecule has 8 heteroatoms. The molecule has 0 radical (unpaired) electrons. The molecule has 134 valence electrons. The average molecular weight is 410 g/mol. The molecule has 0 amide bonds. The highest BCUT2D eigenvalue weighted by atomic mass is 79.9. The van der Waals surface area contributed by atoms with Crippen LogP contribution in [0.2, 0.25) is 0 Å². The maximum atomic E-state index is 13.4. The minimum absolute atomic E-state index is 0.168. The van der Waals surface area contributed by atoms with Gasteiger partial charge >= 0.3 is 0 Å². The molecule has 1 aromatic carbocycles. The van der Waals surface area contributed by atoms with E-state index in [2.05, 4.69) is 30.9 Å². The first-order chi connectivity index (χ1) is 11.8. The third-order valence-electron chi connectivity index (χ3n) is 3.00. The Morgan fingerprint density at radius 1 is 1.36 bits per heavy atom. The molecule has 0 aliphatic heterocycles. The highest BCUT2D eigenvalue weighted by Crippen LogP contribution is 2.23. The van der Waals surface area contributed by atoms with Gasteiger partial charge in [0.2, 0.25) is 0 Å². The van der Waals surface area contributed by atoms with Crippen molar-refractivity contribution in [3.05, 3.63) is 41.4 Å². The van der Waals surface area contributed by atoms with Crippen molar-refractivity contribution >= 4 is 43.7 Å². The van der Waals surface area contributed by atoms with Crippen molar-refractivity contribution in [3.8, 4) is 0 Å². The van der Waals surface area contributed by atoms with Crippen molar-refractivity contribution in [3.63, 3.8) is 0 Å². The molecule has 0 heterocycles. The molecule has 0 atom stereocenters. The Kier molecular flexibility index (Phi) is 8.13. The molecule has 25 heavy (non-hydrogen) atoms. The minimum atomic E-state index is -0.510. The van der Waals surface area contributed by atoms with Crippen molar-refractivity contribution in [1.29, 1.82) is 0 Å². The summed E-state index contributed by atoms with van der Waals surface area (Å²) in [5.74, 6) is -0.182. The van der Waals surface area contributed by atoms with Gasteiger partial charge in [-0.3, -0.25) is 9.79 Å². The number of hydrogen-bond acceptors (Lipinski definition) is 4. The molecule has 0 saturated carbocycles. The van der Waals surface area contributed by atoms with E-state index >= 15 is 0 Å². The van der Waals surface area contributed by atoms with Crippen molar-refractivity contribution < 1.29 is 9.18 Å². The van der Waals surface area contributed by atoms with E-state index in [1.165, 1.54) is 25.3 Å². The zero-order chi connectivity index (χ0) is 19.0. The molecule has 0 saturated heterocycles. The molecule has 0 unspecified atom stereocenters. The maximum Gasteiger partial charge on any atom is 0.162 e. The lowest BCUT2D eigenvalue weighted by Crippen LogP contribution is -2.12. The number of carbonyl (C=O) groups excluding carboxylic acids is 1. The van der Waals surface area contributed by atoms with E-state index in [0.29, 0.717) is 34.1 Å². The van der Waals surface area contributed by atoms with Crippen LogP contribution in [0.3, 0.4) is 0 Å². The van der Waals surface area contributed by atoms with Crippen LogP contribution < -0.4 is 11.5 Å². The SMILES string of the molecule is CCN=C(Br)C(=CN)CC(N=C(C)N)=Nc1ccc(F)cc1C(C)=O. The number of aliphatic imine (C=N–C) groups is 3. The zero-order valence-electron chi connectivity index (χ0n) is 14.4. The van der Waals surface area contributed by atoms with E-state index in [0.717, 1.165) is 6.07 Å². The average Bonchev–Trinajstić information content (AvgIpc) is 2.53. The highest BCUT2D eigenvalue weighted by Gasteiger charge is 2.12. The molecule has 0 aromatic heterocycles. The van der Waals surface area contributed by atoms with Crippen molar-refractivity contribution in [2.45, 2.75) is 27.2 Å². The van der Waals surface area contributed by atoms with Crippen LogP contribution in [0, 0.1) is 5.82 Å². The smallest absolute Gasteiger partial charge is 0.162 e. The van der Waals surface area contributed by atoms with E-state index in [-0.39, 0.29) is 17.8 Å². The molecule has 0 fully saturated rings. The number of amidine groups is 2. The second-order valence-electron chi connectivity index (χ2n) is 5.13. The third-order valence-corrected chi connectivity index (χ3v) is 3.76. The van der Waals surface area contributed by atoms with Crippen LogP contribution in [0.25, 0.3) is 0 Å². The predicted octanol–water partition coefficient (Wildman–Crippen LogP) is 3.48. The highest BCUT2D eigenvalue weighted by molar-refractivity contribution is 9.18. The molecule has 0 aliphatic rings. The van der Waals surface area contributed by atoms with Gasteiger partial charge in [0, 0.05) is 30.3 Å². The van der Waals surface area contributed by atoms with Gasteiger partial charge in [-0.2, -0.15) is 0 Å². The molecule has 1 aromatic rings. The van der Waals surface area contributed by atoms with Gasteiger partial charge in [0.05, 0.1) is 11.5 Å². The fourth-order valence-corrected chi connectivity index (χ4v) is 2.47. The van der Waals surface area contributed by atoms with Crippen LogP contribution >= 0.6 is 15.9 Å². The van der Waals surface area contributed by atoms with Gasteiger partial charge in [0.15, 0.2) is 5.78 Å². The third kappa shape index (κ3) is 6.58. The van der Waals surface area contributed by atoms with Crippen LogP contribution in [-0.4, -0.2) is 28.6 Å². The lowest BCUT2D eigenvalue weighted by Gasteiger charge is -2.08. The molecular formula is C17H21BrFN5O. The van der Waals surface area contributed by atoms with Gasteiger partial charge in [-0.05, 0) is 54.9 Å². The fraction of sp³-hybridized carbons (Fsp3) is 0.294. The Labute approximate surface area is 154 Å². The number of Topliss-reactive ketones (excluding diaryl/α,β-unsaturated/α-hetero) is 1. The first kappa shape index (κ1) is 20.7. The van der Waals surface area contributed by atoms with Gasteiger partial charge in [-0.1, -0.05) is 0 Å². The van der Waals surface area contributed by atoms with Gasteiger partial charge in [-0.15, -0.1) is 0 Å². The summed E-state index contributed by atoms with van der Waals surface area (Å²) < 4.78 is 14.0. The Bertz CT molecular complexity index is 764. The standard InChI is InChI=1S/C17H21BrFN5O/c1-4-22-17(18)12(9-20)7-16(23-11(3)21)24-15-6-5-13(19)8-14(15)10(2)25/h5-6,8-9H,4,7,20H2,1-3H3,(H2,21,23,24). The Morgan fingerprint density at radius 2 is 2.04 bits per heavy atom. The molecule has 0 spiro atoms. The van der Waals surface area contributed by atoms with E-state index in [4.69, 9.17) is 11.5 Å². The topological polar surface area (TPSA) is 106 Å². The molecule has 1 rings (SSSR count). The summed E-state index contributed by atoms with van der Waals surface area (Å²) in [6, 6.07) is 3.80. The molecular weight excluding hydrogens is 389 g/mol. The summed E-state index contributed by atoms with van der Waals surface area (Å²) in [6.07, 6.45) is 1.64. The summed E-state index contributed by atoms with van der Waals surface area (Å²) in [5, 5.41) is 0.